The Morgan fingerprint density at radius 2 is 1.66 bits per heavy atom. The van der Waals surface area contributed by atoms with Crippen molar-refractivity contribution in [2.24, 2.45) is 0 Å². The van der Waals surface area contributed by atoms with Crippen LogP contribution in [0, 0.1) is 0 Å². The summed E-state index contributed by atoms with van der Waals surface area (Å²) in [6.07, 6.45) is 1.21. The lowest BCUT2D eigenvalue weighted by Gasteiger charge is -2.31. The summed E-state index contributed by atoms with van der Waals surface area (Å²) in [5.74, 6) is 1.10. The molecule has 0 unspecified atom stereocenters. The minimum atomic E-state index is -0.614. The summed E-state index contributed by atoms with van der Waals surface area (Å²) in [6, 6.07) is 11.8. The highest BCUT2D eigenvalue weighted by Crippen LogP contribution is 2.27. The van der Waals surface area contributed by atoms with Gasteiger partial charge in [-0.05, 0) is 56.2 Å². The Morgan fingerprint density at radius 3 is 2.22 bits per heavy atom. The molecular weight excluding hydrogens is 451 g/mol. The Balaban J connectivity index is 2.07. The molecule has 2 amide bonds. The molecule has 6 nitrogen and oxygen atoms in total. The second kappa shape index (κ2) is 13.2. The van der Waals surface area contributed by atoms with Crippen molar-refractivity contribution in [1.82, 2.24) is 10.2 Å². The minimum absolute atomic E-state index is 0.155. The van der Waals surface area contributed by atoms with Gasteiger partial charge in [-0.15, -0.1) is 0 Å². The summed E-state index contributed by atoms with van der Waals surface area (Å²) in [6.45, 7) is 4.74. The average Bonchev–Trinajstić information content (AvgIpc) is 2.79. The van der Waals surface area contributed by atoms with Gasteiger partial charge in [0.1, 0.15) is 17.5 Å². The van der Waals surface area contributed by atoms with Crippen molar-refractivity contribution in [3.8, 4) is 11.5 Å². The molecule has 2 rings (SSSR count). The van der Waals surface area contributed by atoms with E-state index >= 15 is 0 Å². The lowest BCUT2D eigenvalue weighted by atomic mass is 10.1. The number of methoxy groups -OCH3 is 1. The maximum atomic E-state index is 13.2. The SMILES string of the molecule is CCNC(=O)[C@@H](CC)N(Cc1c(Cl)cccc1Cl)C(=O)CCCOc1ccc(OC)cc1. The summed E-state index contributed by atoms with van der Waals surface area (Å²) in [5, 5.41) is 3.74. The number of ether oxygens (including phenoxy) is 2. The Labute approximate surface area is 199 Å². The number of amides is 2. The summed E-state index contributed by atoms with van der Waals surface area (Å²) in [4.78, 5) is 27.4. The molecule has 0 radical (unpaired) electrons. The van der Waals surface area contributed by atoms with E-state index in [4.69, 9.17) is 32.7 Å². The number of carbonyl (C=O) groups excluding carboxylic acids is 2. The smallest absolute Gasteiger partial charge is 0.242 e. The van der Waals surface area contributed by atoms with Crippen molar-refractivity contribution >= 4 is 35.0 Å². The largest absolute Gasteiger partial charge is 0.497 e. The maximum absolute atomic E-state index is 13.2. The van der Waals surface area contributed by atoms with E-state index in [0.717, 1.165) is 5.75 Å². The Morgan fingerprint density at radius 1 is 1.03 bits per heavy atom. The first-order valence-electron chi connectivity index (χ1n) is 10.7. The van der Waals surface area contributed by atoms with E-state index in [-0.39, 0.29) is 24.8 Å². The number of nitrogens with one attached hydrogen (secondary N) is 1. The lowest BCUT2D eigenvalue weighted by molar-refractivity contribution is -0.141. The average molecular weight is 481 g/mol. The third-order valence-electron chi connectivity index (χ3n) is 4.99. The summed E-state index contributed by atoms with van der Waals surface area (Å²) in [7, 11) is 1.60. The molecule has 8 heteroatoms. The molecule has 2 aromatic carbocycles. The van der Waals surface area contributed by atoms with Crippen LogP contribution in [-0.4, -0.2) is 43.0 Å². The minimum Gasteiger partial charge on any atom is -0.497 e. The van der Waals surface area contributed by atoms with Gasteiger partial charge in [0.05, 0.1) is 13.7 Å². The van der Waals surface area contributed by atoms with Gasteiger partial charge in [0.15, 0.2) is 0 Å². The van der Waals surface area contributed by atoms with Crippen LogP contribution >= 0.6 is 23.2 Å². The molecule has 0 saturated heterocycles. The lowest BCUT2D eigenvalue weighted by Crippen LogP contribution is -2.49. The normalized spacial score (nSPS) is 11.5. The highest BCUT2D eigenvalue weighted by Gasteiger charge is 2.29. The van der Waals surface area contributed by atoms with Gasteiger partial charge < -0.3 is 19.7 Å². The number of likely N-dealkylation sites (N-methyl/N-ethyl adjacent to an activating group) is 1. The fourth-order valence-corrected chi connectivity index (χ4v) is 3.81. The number of hydrogen-bond acceptors (Lipinski definition) is 4. The molecule has 0 aromatic heterocycles. The first-order valence-corrected chi connectivity index (χ1v) is 11.4. The van der Waals surface area contributed by atoms with Gasteiger partial charge in [-0.2, -0.15) is 0 Å². The highest BCUT2D eigenvalue weighted by atomic mass is 35.5. The first kappa shape index (κ1) is 25.8. The third-order valence-corrected chi connectivity index (χ3v) is 5.70. The summed E-state index contributed by atoms with van der Waals surface area (Å²) >= 11 is 12.7. The molecule has 174 valence electrons. The number of halogens is 2. The first-order chi connectivity index (χ1) is 15.4. The van der Waals surface area contributed by atoms with Gasteiger partial charge in [-0.1, -0.05) is 36.2 Å². The molecule has 0 aliphatic carbocycles. The zero-order valence-corrected chi connectivity index (χ0v) is 20.2. The van der Waals surface area contributed by atoms with Crippen LogP contribution in [0.2, 0.25) is 10.0 Å². The summed E-state index contributed by atoms with van der Waals surface area (Å²) in [5.41, 5.74) is 0.626. The van der Waals surface area contributed by atoms with Crippen LogP contribution in [0.15, 0.2) is 42.5 Å². The van der Waals surface area contributed by atoms with Gasteiger partial charge in [-0.3, -0.25) is 9.59 Å². The molecule has 2 aromatic rings. The van der Waals surface area contributed by atoms with Gasteiger partial charge in [0.2, 0.25) is 11.8 Å². The fourth-order valence-electron chi connectivity index (χ4n) is 3.29. The van der Waals surface area contributed by atoms with Crippen LogP contribution in [0.5, 0.6) is 11.5 Å². The third kappa shape index (κ3) is 7.31. The second-order valence-electron chi connectivity index (χ2n) is 7.17. The van der Waals surface area contributed by atoms with E-state index in [9.17, 15) is 9.59 Å². The quantitative estimate of drug-likeness (QED) is 0.428. The van der Waals surface area contributed by atoms with Gasteiger partial charge in [-0.25, -0.2) is 0 Å². The fraction of sp³-hybridized carbons (Fsp3) is 0.417. The van der Waals surface area contributed by atoms with Gasteiger partial charge >= 0.3 is 0 Å². The van der Waals surface area contributed by atoms with Crippen molar-refractivity contribution in [1.29, 1.82) is 0 Å². The number of benzene rings is 2. The van der Waals surface area contributed by atoms with Crippen molar-refractivity contribution in [3.63, 3.8) is 0 Å². The molecule has 0 aliphatic heterocycles. The molecule has 0 aliphatic rings. The zero-order valence-electron chi connectivity index (χ0n) is 18.7. The Kier molecular flexibility index (Phi) is 10.6. The van der Waals surface area contributed by atoms with Crippen LogP contribution < -0.4 is 14.8 Å². The van der Waals surface area contributed by atoms with Crippen molar-refractivity contribution in [2.45, 2.75) is 45.7 Å². The topological polar surface area (TPSA) is 67.9 Å². The monoisotopic (exact) mass is 480 g/mol. The molecule has 0 bridgehead atoms. The predicted octanol–water partition coefficient (Wildman–Crippen LogP) is 5.10. The van der Waals surface area contributed by atoms with Crippen molar-refractivity contribution in [2.75, 3.05) is 20.3 Å². The van der Waals surface area contributed by atoms with E-state index < -0.39 is 6.04 Å². The molecule has 32 heavy (non-hydrogen) atoms. The number of carbonyl (C=O) groups is 2. The van der Waals surface area contributed by atoms with Crippen molar-refractivity contribution in [3.05, 3.63) is 58.1 Å². The molecule has 0 saturated carbocycles. The molecular formula is C24H30Cl2N2O4. The van der Waals surface area contributed by atoms with Crippen molar-refractivity contribution < 1.29 is 19.1 Å². The zero-order chi connectivity index (χ0) is 23.5. The van der Waals surface area contributed by atoms with E-state index in [0.29, 0.717) is 47.4 Å². The highest BCUT2D eigenvalue weighted by molar-refractivity contribution is 6.36. The van der Waals surface area contributed by atoms with Crippen LogP contribution in [0.25, 0.3) is 0 Å². The standard InChI is InChI=1S/C24H30Cl2N2O4/c1-4-22(24(30)27-5-2)28(16-19-20(25)8-6-9-21(19)26)23(29)10-7-15-32-18-13-11-17(31-3)12-14-18/h6,8-9,11-14,22H,4-5,7,10,15-16H2,1-3H3,(H,27,30)/t22-/m1/s1. The van der Waals surface area contributed by atoms with E-state index in [1.54, 1.807) is 30.2 Å². The van der Waals surface area contributed by atoms with Crippen LogP contribution in [0.1, 0.15) is 38.7 Å². The number of rotatable bonds is 12. The second-order valence-corrected chi connectivity index (χ2v) is 7.98. The Bertz CT molecular complexity index is 870. The summed E-state index contributed by atoms with van der Waals surface area (Å²) < 4.78 is 10.8. The van der Waals surface area contributed by atoms with Crippen LogP contribution in [-0.2, 0) is 16.1 Å². The van der Waals surface area contributed by atoms with Gasteiger partial charge in [0, 0.05) is 35.1 Å². The maximum Gasteiger partial charge on any atom is 0.242 e. The molecule has 0 heterocycles. The van der Waals surface area contributed by atoms with E-state index in [1.807, 2.05) is 38.1 Å². The van der Waals surface area contributed by atoms with E-state index in [1.165, 1.54) is 0 Å². The number of nitrogens with zero attached hydrogens (tertiary/aromatic N) is 1. The Hall–Kier alpha value is -2.44. The van der Waals surface area contributed by atoms with Crippen LogP contribution in [0.4, 0.5) is 0 Å². The molecule has 1 N–H and O–H groups in total. The molecule has 1 atom stereocenters. The predicted molar refractivity (Wildman–Crippen MR) is 127 cm³/mol. The number of hydrogen-bond donors (Lipinski definition) is 1. The molecule has 0 fully saturated rings. The van der Waals surface area contributed by atoms with E-state index in [2.05, 4.69) is 5.32 Å². The molecule has 0 spiro atoms. The van der Waals surface area contributed by atoms with Gasteiger partial charge in [0.25, 0.3) is 0 Å². The van der Waals surface area contributed by atoms with Crippen LogP contribution in [0.3, 0.4) is 0 Å².